The number of nitro groups is 1. The van der Waals surface area contributed by atoms with E-state index in [-0.39, 0.29) is 28.5 Å². The second-order valence-electron chi connectivity index (χ2n) is 6.29. The summed E-state index contributed by atoms with van der Waals surface area (Å²) in [4.78, 5) is 22.5. The number of nitrogens with one attached hydrogen (secondary N) is 1. The number of anilines is 1. The quantitative estimate of drug-likeness (QED) is 0.354. The van der Waals surface area contributed by atoms with Crippen LogP contribution < -0.4 is 5.32 Å². The molecule has 0 saturated carbocycles. The summed E-state index contributed by atoms with van der Waals surface area (Å²) in [6.07, 6.45) is 0. The van der Waals surface area contributed by atoms with Gasteiger partial charge in [0.2, 0.25) is 11.8 Å². The van der Waals surface area contributed by atoms with E-state index in [0.717, 1.165) is 17.4 Å². The number of hydrogen-bond acceptors (Lipinski definition) is 7. The first-order chi connectivity index (χ1) is 13.4. The van der Waals surface area contributed by atoms with Crippen LogP contribution in [-0.2, 0) is 4.79 Å². The highest BCUT2D eigenvalue weighted by molar-refractivity contribution is 7.99. The lowest BCUT2D eigenvalue weighted by Gasteiger charge is -2.07. The monoisotopic (exact) mass is 398 g/mol. The highest BCUT2D eigenvalue weighted by atomic mass is 32.2. The van der Waals surface area contributed by atoms with Gasteiger partial charge in [-0.1, -0.05) is 43.8 Å². The SMILES string of the molecule is CC(C)c1ccc(NC(=O)CSc2nnc(-c3cccc([N+](=O)[O-])c3)o2)cc1. The van der Waals surface area contributed by atoms with Gasteiger partial charge in [0, 0.05) is 23.4 Å². The summed E-state index contributed by atoms with van der Waals surface area (Å²) in [6, 6.07) is 13.6. The molecule has 0 saturated heterocycles. The third-order valence-electron chi connectivity index (χ3n) is 3.90. The number of thioether (sulfide) groups is 1. The Morgan fingerprint density at radius 1 is 1.21 bits per heavy atom. The number of benzene rings is 2. The molecule has 0 aliphatic heterocycles. The molecule has 0 aliphatic rings. The van der Waals surface area contributed by atoms with Gasteiger partial charge >= 0.3 is 0 Å². The summed E-state index contributed by atoms with van der Waals surface area (Å²) in [6.45, 7) is 4.22. The largest absolute Gasteiger partial charge is 0.411 e. The molecule has 0 fully saturated rings. The van der Waals surface area contributed by atoms with Gasteiger partial charge in [-0.15, -0.1) is 10.2 Å². The Balaban J connectivity index is 1.57. The Bertz CT molecular complexity index is 986. The van der Waals surface area contributed by atoms with Crippen LogP contribution in [0.1, 0.15) is 25.3 Å². The number of hydrogen-bond donors (Lipinski definition) is 1. The molecule has 144 valence electrons. The molecule has 1 heterocycles. The molecule has 9 heteroatoms. The van der Waals surface area contributed by atoms with Crippen molar-refractivity contribution in [2.75, 3.05) is 11.1 Å². The van der Waals surface area contributed by atoms with Crippen LogP contribution in [0.3, 0.4) is 0 Å². The lowest BCUT2D eigenvalue weighted by molar-refractivity contribution is -0.384. The standard InChI is InChI=1S/C19H18N4O4S/c1-12(2)13-6-8-15(9-7-13)20-17(24)11-28-19-22-21-18(27-19)14-4-3-5-16(10-14)23(25)26/h3-10,12H,11H2,1-2H3,(H,20,24). The Kier molecular flexibility index (Phi) is 6.05. The van der Waals surface area contributed by atoms with Gasteiger partial charge in [0.15, 0.2) is 0 Å². The Morgan fingerprint density at radius 2 is 1.96 bits per heavy atom. The van der Waals surface area contributed by atoms with E-state index in [9.17, 15) is 14.9 Å². The first-order valence-corrected chi connectivity index (χ1v) is 9.52. The number of amides is 1. The molecule has 1 aromatic heterocycles. The summed E-state index contributed by atoms with van der Waals surface area (Å²) in [5.41, 5.74) is 2.31. The van der Waals surface area contributed by atoms with Crippen molar-refractivity contribution in [3.05, 3.63) is 64.2 Å². The van der Waals surface area contributed by atoms with Gasteiger partial charge in [-0.05, 0) is 29.7 Å². The number of non-ortho nitro benzene ring substituents is 1. The molecule has 3 aromatic rings. The van der Waals surface area contributed by atoms with Crippen LogP contribution in [0.5, 0.6) is 0 Å². The van der Waals surface area contributed by atoms with E-state index in [1.54, 1.807) is 12.1 Å². The molecule has 0 atom stereocenters. The van der Waals surface area contributed by atoms with Crippen molar-refractivity contribution >= 4 is 29.0 Å². The zero-order valence-corrected chi connectivity index (χ0v) is 16.1. The van der Waals surface area contributed by atoms with Gasteiger partial charge in [0.1, 0.15) is 0 Å². The van der Waals surface area contributed by atoms with Crippen LogP contribution in [0.4, 0.5) is 11.4 Å². The average Bonchev–Trinajstić information content (AvgIpc) is 3.16. The normalized spacial score (nSPS) is 10.8. The molecule has 3 rings (SSSR count). The number of aromatic nitrogens is 2. The number of nitrogens with zero attached hydrogens (tertiary/aromatic N) is 3. The third-order valence-corrected chi connectivity index (χ3v) is 4.72. The predicted molar refractivity (Wildman–Crippen MR) is 106 cm³/mol. The summed E-state index contributed by atoms with van der Waals surface area (Å²) < 4.78 is 5.49. The fourth-order valence-electron chi connectivity index (χ4n) is 2.41. The minimum absolute atomic E-state index is 0.0623. The van der Waals surface area contributed by atoms with E-state index in [1.165, 1.54) is 17.7 Å². The Labute approximate surface area is 165 Å². The van der Waals surface area contributed by atoms with Crippen molar-refractivity contribution in [3.8, 4) is 11.5 Å². The first-order valence-electron chi connectivity index (χ1n) is 8.53. The van der Waals surface area contributed by atoms with Gasteiger partial charge in [0.25, 0.3) is 10.9 Å². The fourth-order valence-corrected chi connectivity index (χ4v) is 2.98. The van der Waals surface area contributed by atoms with Gasteiger partial charge in [0.05, 0.1) is 10.7 Å². The molecule has 0 spiro atoms. The maximum absolute atomic E-state index is 12.1. The van der Waals surface area contributed by atoms with Crippen molar-refractivity contribution in [3.63, 3.8) is 0 Å². The maximum atomic E-state index is 12.1. The van der Waals surface area contributed by atoms with Crippen LogP contribution >= 0.6 is 11.8 Å². The van der Waals surface area contributed by atoms with Gasteiger partial charge < -0.3 is 9.73 Å². The number of nitro benzene ring substituents is 1. The van der Waals surface area contributed by atoms with Crippen LogP contribution in [-0.4, -0.2) is 26.8 Å². The van der Waals surface area contributed by atoms with Crippen molar-refractivity contribution in [1.82, 2.24) is 10.2 Å². The molecule has 2 aromatic carbocycles. The molecule has 0 radical (unpaired) electrons. The Hall–Kier alpha value is -3.20. The molecular weight excluding hydrogens is 380 g/mol. The minimum Gasteiger partial charge on any atom is -0.411 e. The maximum Gasteiger partial charge on any atom is 0.277 e. The van der Waals surface area contributed by atoms with Crippen LogP contribution in [0.25, 0.3) is 11.5 Å². The number of rotatable bonds is 7. The summed E-state index contributed by atoms with van der Waals surface area (Å²) in [5, 5.41) is 21.6. The third kappa shape index (κ3) is 4.95. The summed E-state index contributed by atoms with van der Waals surface area (Å²) >= 11 is 1.10. The molecule has 0 aliphatic carbocycles. The van der Waals surface area contributed by atoms with E-state index in [4.69, 9.17) is 4.42 Å². The molecule has 1 N–H and O–H groups in total. The average molecular weight is 398 g/mol. The van der Waals surface area contributed by atoms with Gasteiger partial charge in [-0.25, -0.2) is 0 Å². The highest BCUT2D eigenvalue weighted by Gasteiger charge is 2.14. The van der Waals surface area contributed by atoms with Crippen molar-refractivity contribution in [2.24, 2.45) is 0 Å². The fraction of sp³-hybridized carbons (Fsp3) is 0.211. The first kappa shape index (κ1) is 19.6. The molecular formula is C19H18N4O4S. The van der Waals surface area contributed by atoms with E-state index in [2.05, 4.69) is 29.4 Å². The number of carbonyl (C=O) groups excluding carboxylic acids is 1. The van der Waals surface area contributed by atoms with Crippen LogP contribution in [0.2, 0.25) is 0 Å². The summed E-state index contributed by atoms with van der Waals surface area (Å²) in [7, 11) is 0. The summed E-state index contributed by atoms with van der Waals surface area (Å²) in [5.74, 6) is 0.494. The topological polar surface area (TPSA) is 111 Å². The lowest BCUT2D eigenvalue weighted by Crippen LogP contribution is -2.14. The van der Waals surface area contributed by atoms with Crippen LogP contribution in [0.15, 0.2) is 58.2 Å². The smallest absolute Gasteiger partial charge is 0.277 e. The molecule has 8 nitrogen and oxygen atoms in total. The second-order valence-corrected chi connectivity index (χ2v) is 7.22. The van der Waals surface area contributed by atoms with Crippen molar-refractivity contribution < 1.29 is 14.1 Å². The van der Waals surface area contributed by atoms with E-state index in [1.807, 2.05) is 24.3 Å². The predicted octanol–water partition coefficient (Wildman–Crippen LogP) is 4.50. The zero-order valence-electron chi connectivity index (χ0n) is 15.3. The van der Waals surface area contributed by atoms with Crippen LogP contribution in [0, 0.1) is 10.1 Å². The molecule has 1 amide bonds. The van der Waals surface area contributed by atoms with Gasteiger partial charge in [-0.2, -0.15) is 0 Å². The zero-order chi connectivity index (χ0) is 20.1. The molecule has 0 unspecified atom stereocenters. The van der Waals surface area contributed by atoms with Crippen molar-refractivity contribution in [2.45, 2.75) is 25.0 Å². The van der Waals surface area contributed by atoms with E-state index in [0.29, 0.717) is 11.5 Å². The molecule has 28 heavy (non-hydrogen) atoms. The van der Waals surface area contributed by atoms with Gasteiger partial charge in [-0.3, -0.25) is 14.9 Å². The van der Waals surface area contributed by atoms with Crippen molar-refractivity contribution in [1.29, 1.82) is 0 Å². The highest BCUT2D eigenvalue weighted by Crippen LogP contribution is 2.26. The lowest BCUT2D eigenvalue weighted by atomic mass is 10.0. The minimum atomic E-state index is -0.492. The molecule has 0 bridgehead atoms. The Morgan fingerprint density at radius 3 is 2.64 bits per heavy atom. The van der Waals surface area contributed by atoms with E-state index >= 15 is 0 Å². The van der Waals surface area contributed by atoms with E-state index < -0.39 is 4.92 Å². The number of carbonyl (C=O) groups is 1. The second kappa shape index (κ2) is 8.66.